The van der Waals surface area contributed by atoms with E-state index in [1.165, 1.54) is 6.20 Å². The number of halogens is 1. The van der Waals surface area contributed by atoms with Crippen LogP contribution in [-0.4, -0.2) is 50.5 Å². The molecule has 2 heterocycles. The molecular weight excluding hydrogens is 436 g/mol. The molecule has 0 unspecified atom stereocenters. The molecule has 0 atom stereocenters. The third-order valence-electron chi connectivity index (χ3n) is 5.35. The zero-order valence-electron chi connectivity index (χ0n) is 17.2. The molecule has 1 aliphatic rings. The maximum Gasteiger partial charge on any atom is 0.256 e. The molecule has 0 N–H and O–H groups in total. The normalized spacial score (nSPS) is 14.7. The van der Waals surface area contributed by atoms with Crippen molar-refractivity contribution >= 4 is 38.2 Å². The highest BCUT2D eigenvalue weighted by atomic mass is 35.5. The molecule has 1 aromatic heterocycles. The smallest absolute Gasteiger partial charge is 0.256 e. The molecule has 162 valence electrons. The Hall–Kier alpha value is -2.48. The Kier molecular flexibility index (Phi) is 6.27. The van der Waals surface area contributed by atoms with Gasteiger partial charge in [0.15, 0.2) is 0 Å². The Morgan fingerprint density at radius 1 is 1.13 bits per heavy atom. The highest BCUT2D eigenvalue weighted by molar-refractivity contribution is 7.91. The predicted octanol–water partition coefficient (Wildman–Crippen LogP) is 4.15. The van der Waals surface area contributed by atoms with Crippen LogP contribution in [0.2, 0.25) is 5.02 Å². The molecular formula is C23H23ClN2O4S. The van der Waals surface area contributed by atoms with E-state index in [4.69, 9.17) is 16.3 Å². The van der Waals surface area contributed by atoms with E-state index < -0.39 is 9.84 Å². The summed E-state index contributed by atoms with van der Waals surface area (Å²) in [6.45, 7) is 3.70. The molecule has 8 heteroatoms. The second-order valence-corrected chi connectivity index (χ2v) is 9.79. The number of amides is 1. The Bertz CT molecular complexity index is 1220. The van der Waals surface area contributed by atoms with Crippen LogP contribution in [0.15, 0.2) is 58.5 Å². The number of hydrogen-bond acceptors (Lipinski definition) is 5. The van der Waals surface area contributed by atoms with Gasteiger partial charge in [-0.25, -0.2) is 8.42 Å². The fourth-order valence-corrected chi connectivity index (χ4v) is 5.55. The first-order chi connectivity index (χ1) is 14.9. The molecule has 2 aromatic carbocycles. The molecule has 31 heavy (non-hydrogen) atoms. The highest BCUT2D eigenvalue weighted by Gasteiger charge is 2.30. The fourth-order valence-electron chi connectivity index (χ4n) is 3.76. The Labute approximate surface area is 186 Å². The Morgan fingerprint density at radius 3 is 2.52 bits per heavy atom. The molecule has 0 saturated carbocycles. The summed E-state index contributed by atoms with van der Waals surface area (Å²) in [5.74, 6) is -0.376. The SMILES string of the molecule is CCCc1ccc(S(=O)(=O)c2c(C(=O)N3CCOCC3)cnc3ccc(Cl)cc23)cc1. The Morgan fingerprint density at radius 2 is 1.84 bits per heavy atom. The summed E-state index contributed by atoms with van der Waals surface area (Å²) in [5.41, 5.74) is 1.58. The first-order valence-corrected chi connectivity index (χ1v) is 12.1. The lowest BCUT2D eigenvalue weighted by Gasteiger charge is -2.27. The number of nitrogens with zero attached hydrogens (tertiary/aromatic N) is 2. The van der Waals surface area contributed by atoms with Crippen LogP contribution in [0.1, 0.15) is 29.3 Å². The number of morpholine rings is 1. The summed E-state index contributed by atoms with van der Waals surface area (Å²) in [6, 6.07) is 11.7. The molecule has 1 aliphatic heterocycles. The van der Waals surface area contributed by atoms with Gasteiger partial charge in [0.1, 0.15) is 0 Å². The van der Waals surface area contributed by atoms with E-state index >= 15 is 0 Å². The van der Waals surface area contributed by atoms with Crippen molar-refractivity contribution in [3.05, 3.63) is 64.8 Å². The van der Waals surface area contributed by atoms with Gasteiger partial charge in [-0.2, -0.15) is 0 Å². The van der Waals surface area contributed by atoms with Crippen LogP contribution in [-0.2, 0) is 21.0 Å². The highest BCUT2D eigenvalue weighted by Crippen LogP contribution is 2.33. The lowest BCUT2D eigenvalue weighted by molar-refractivity contribution is 0.0300. The van der Waals surface area contributed by atoms with E-state index in [-0.39, 0.29) is 21.3 Å². The van der Waals surface area contributed by atoms with Crippen LogP contribution < -0.4 is 0 Å². The number of carbonyl (C=O) groups is 1. The standard InChI is InChI=1S/C23H23ClN2O4S/c1-2-3-16-4-7-18(8-5-16)31(28,29)22-19-14-17(24)6-9-21(19)25-15-20(22)23(27)26-10-12-30-13-11-26/h4-9,14-15H,2-3,10-13H2,1H3. The van der Waals surface area contributed by atoms with Gasteiger partial charge in [0, 0.05) is 29.7 Å². The molecule has 4 rings (SSSR count). The van der Waals surface area contributed by atoms with Crippen LogP contribution in [0.5, 0.6) is 0 Å². The molecule has 1 amide bonds. The fraction of sp³-hybridized carbons (Fsp3) is 0.304. The van der Waals surface area contributed by atoms with Gasteiger partial charge in [-0.1, -0.05) is 37.1 Å². The summed E-state index contributed by atoms with van der Waals surface area (Å²) < 4.78 is 32.9. The first-order valence-electron chi connectivity index (χ1n) is 10.2. The number of fused-ring (bicyclic) bond motifs is 1. The number of hydrogen-bond donors (Lipinski definition) is 0. The minimum absolute atomic E-state index is 0.0503. The lowest BCUT2D eigenvalue weighted by Crippen LogP contribution is -2.41. The van der Waals surface area contributed by atoms with Gasteiger partial charge in [-0.05, 0) is 42.3 Å². The number of benzene rings is 2. The number of sulfone groups is 1. The van der Waals surface area contributed by atoms with Crippen molar-refractivity contribution in [2.75, 3.05) is 26.3 Å². The number of aromatic nitrogens is 1. The van der Waals surface area contributed by atoms with Gasteiger partial charge in [0.05, 0.1) is 34.1 Å². The van der Waals surface area contributed by atoms with Gasteiger partial charge >= 0.3 is 0 Å². The van der Waals surface area contributed by atoms with Gasteiger partial charge in [-0.15, -0.1) is 0 Å². The average molecular weight is 459 g/mol. The van der Waals surface area contributed by atoms with Gasteiger partial charge in [0.25, 0.3) is 5.91 Å². The summed E-state index contributed by atoms with van der Waals surface area (Å²) in [4.78, 5) is 19.3. The number of ether oxygens (including phenoxy) is 1. The predicted molar refractivity (Wildman–Crippen MR) is 119 cm³/mol. The maximum atomic E-state index is 13.8. The second kappa shape index (κ2) is 8.94. The van der Waals surface area contributed by atoms with Crippen LogP contribution >= 0.6 is 11.6 Å². The van der Waals surface area contributed by atoms with E-state index in [0.29, 0.717) is 42.2 Å². The Balaban J connectivity index is 1.91. The molecule has 0 aliphatic carbocycles. The van der Waals surface area contributed by atoms with Crippen molar-refractivity contribution in [1.82, 2.24) is 9.88 Å². The van der Waals surface area contributed by atoms with E-state index in [0.717, 1.165) is 18.4 Å². The van der Waals surface area contributed by atoms with E-state index in [1.54, 1.807) is 35.2 Å². The van der Waals surface area contributed by atoms with Crippen molar-refractivity contribution in [1.29, 1.82) is 0 Å². The van der Waals surface area contributed by atoms with Crippen molar-refractivity contribution in [3.8, 4) is 0 Å². The van der Waals surface area contributed by atoms with Crippen molar-refractivity contribution < 1.29 is 17.9 Å². The summed E-state index contributed by atoms with van der Waals surface area (Å²) in [7, 11) is -4.01. The monoisotopic (exact) mass is 458 g/mol. The topological polar surface area (TPSA) is 76.6 Å². The third kappa shape index (κ3) is 4.31. The first kappa shape index (κ1) is 21.7. The molecule has 0 radical (unpaired) electrons. The van der Waals surface area contributed by atoms with Gasteiger partial charge in [-0.3, -0.25) is 9.78 Å². The second-order valence-electron chi connectivity index (χ2n) is 7.46. The maximum absolute atomic E-state index is 13.8. The summed E-state index contributed by atoms with van der Waals surface area (Å²) >= 11 is 6.19. The average Bonchev–Trinajstić information content (AvgIpc) is 2.79. The molecule has 1 saturated heterocycles. The quantitative estimate of drug-likeness (QED) is 0.574. The van der Waals surface area contributed by atoms with Crippen molar-refractivity contribution in [3.63, 3.8) is 0 Å². The minimum Gasteiger partial charge on any atom is -0.378 e. The number of rotatable bonds is 5. The van der Waals surface area contributed by atoms with Gasteiger partial charge in [0.2, 0.25) is 9.84 Å². The third-order valence-corrected chi connectivity index (χ3v) is 7.46. The number of carbonyl (C=O) groups excluding carboxylic acids is 1. The van der Waals surface area contributed by atoms with E-state index in [1.807, 2.05) is 12.1 Å². The van der Waals surface area contributed by atoms with E-state index in [9.17, 15) is 13.2 Å². The van der Waals surface area contributed by atoms with Crippen molar-refractivity contribution in [2.45, 2.75) is 29.6 Å². The van der Waals surface area contributed by atoms with Crippen LogP contribution in [0.4, 0.5) is 0 Å². The molecule has 0 bridgehead atoms. The van der Waals surface area contributed by atoms with Crippen molar-refractivity contribution in [2.24, 2.45) is 0 Å². The zero-order chi connectivity index (χ0) is 22.0. The number of pyridine rings is 1. The summed E-state index contributed by atoms with van der Waals surface area (Å²) in [5, 5.41) is 0.712. The molecule has 6 nitrogen and oxygen atoms in total. The van der Waals surface area contributed by atoms with Crippen LogP contribution in [0.3, 0.4) is 0 Å². The summed E-state index contributed by atoms with van der Waals surface area (Å²) in [6.07, 6.45) is 3.19. The zero-order valence-corrected chi connectivity index (χ0v) is 18.7. The van der Waals surface area contributed by atoms with Gasteiger partial charge < -0.3 is 9.64 Å². The molecule has 0 spiro atoms. The van der Waals surface area contributed by atoms with E-state index in [2.05, 4.69) is 11.9 Å². The lowest BCUT2D eigenvalue weighted by atomic mass is 10.1. The molecule has 1 fully saturated rings. The minimum atomic E-state index is -4.01. The number of aryl methyl sites for hydroxylation is 1. The molecule has 3 aromatic rings. The van der Waals surface area contributed by atoms with Crippen LogP contribution in [0, 0.1) is 0 Å². The largest absolute Gasteiger partial charge is 0.378 e. The van der Waals surface area contributed by atoms with Crippen LogP contribution in [0.25, 0.3) is 10.9 Å².